The van der Waals surface area contributed by atoms with Crippen LogP contribution < -0.4 is 16.0 Å². The number of carbonyl (C=O) groups is 1. The van der Waals surface area contributed by atoms with Gasteiger partial charge in [-0.15, -0.1) is 0 Å². The molecule has 2 fully saturated rings. The molecule has 0 spiro atoms. The van der Waals surface area contributed by atoms with E-state index in [0.29, 0.717) is 37.2 Å². The summed E-state index contributed by atoms with van der Waals surface area (Å²) in [6.45, 7) is 9.07. The Morgan fingerprint density at radius 2 is 1.88 bits per heavy atom. The lowest BCUT2D eigenvalue weighted by molar-refractivity contribution is -0.128. The zero-order valence-electron chi connectivity index (χ0n) is 20.9. The van der Waals surface area contributed by atoms with Crippen LogP contribution in [0, 0.1) is 12.3 Å². The number of fused-ring (bicyclic) bond motifs is 2. The first kappa shape index (κ1) is 24.9. The van der Waals surface area contributed by atoms with Crippen LogP contribution in [0.5, 0.6) is 0 Å². The molecule has 2 atom stereocenters. The third kappa shape index (κ3) is 5.71. The van der Waals surface area contributed by atoms with Gasteiger partial charge in [-0.05, 0) is 62.0 Å². The molecule has 2 unspecified atom stereocenters. The van der Waals surface area contributed by atoms with E-state index in [2.05, 4.69) is 64.7 Å². The lowest BCUT2D eigenvalue weighted by atomic mass is 9.96. The molecule has 2 aliphatic rings. The van der Waals surface area contributed by atoms with E-state index in [4.69, 9.17) is 5.10 Å². The van der Waals surface area contributed by atoms with Crippen LogP contribution in [0.1, 0.15) is 64.6 Å². The number of halogens is 1. The number of hydrogen-bond acceptors (Lipinski definition) is 7. The number of anilines is 3. The lowest BCUT2D eigenvalue weighted by Gasteiger charge is -2.36. The summed E-state index contributed by atoms with van der Waals surface area (Å²) in [5, 5.41) is 14.5. The average molecular weight is 534 g/mol. The van der Waals surface area contributed by atoms with E-state index in [1.54, 1.807) is 6.20 Å². The van der Waals surface area contributed by atoms with Crippen molar-refractivity contribution in [1.82, 2.24) is 30.0 Å². The van der Waals surface area contributed by atoms with E-state index < -0.39 is 0 Å². The van der Waals surface area contributed by atoms with Gasteiger partial charge >= 0.3 is 0 Å². The van der Waals surface area contributed by atoms with E-state index >= 15 is 0 Å². The molecular weight excluding hydrogens is 496 g/mol. The van der Waals surface area contributed by atoms with Crippen molar-refractivity contribution >= 4 is 39.3 Å². The maximum atomic E-state index is 12.0. The third-order valence-corrected chi connectivity index (χ3v) is 7.55. The van der Waals surface area contributed by atoms with Crippen molar-refractivity contribution in [2.75, 3.05) is 30.8 Å². The molecule has 34 heavy (non-hydrogen) atoms. The van der Waals surface area contributed by atoms with E-state index in [-0.39, 0.29) is 11.3 Å². The summed E-state index contributed by atoms with van der Waals surface area (Å²) >= 11 is 3.52. The zero-order chi connectivity index (χ0) is 24.5. The van der Waals surface area contributed by atoms with Crippen molar-refractivity contribution in [2.45, 2.75) is 77.9 Å². The predicted octanol–water partition coefficient (Wildman–Crippen LogP) is 4.25. The number of aryl methyl sites for hydroxylation is 1. The van der Waals surface area contributed by atoms with Crippen LogP contribution in [0.2, 0.25) is 0 Å². The molecule has 3 N–H and O–H groups in total. The highest BCUT2D eigenvalue weighted by atomic mass is 79.9. The maximum Gasteiger partial charge on any atom is 0.229 e. The fraction of sp³-hybridized carbons (Fsp3) is 0.667. The summed E-state index contributed by atoms with van der Waals surface area (Å²) in [6.07, 6.45) is 9.56. The van der Waals surface area contributed by atoms with Crippen LogP contribution >= 0.6 is 15.9 Å². The molecule has 10 heteroatoms. The predicted molar refractivity (Wildman–Crippen MR) is 138 cm³/mol. The minimum absolute atomic E-state index is 0.0611. The molecule has 0 radical (unpaired) electrons. The van der Waals surface area contributed by atoms with Gasteiger partial charge in [-0.2, -0.15) is 10.1 Å². The zero-order valence-corrected chi connectivity index (χ0v) is 22.4. The van der Waals surface area contributed by atoms with Gasteiger partial charge < -0.3 is 20.9 Å². The van der Waals surface area contributed by atoms with Crippen LogP contribution in [0.4, 0.5) is 17.5 Å². The molecule has 186 valence electrons. The molecule has 2 bridgehead atoms. The largest absolute Gasteiger partial charge is 0.369 e. The molecule has 2 saturated heterocycles. The smallest absolute Gasteiger partial charge is 0.229 e. The van der Waals surface area contributed by atoms with E-state index in [1.165, 1.54) is 12.8 Å². The molecule has 2 aliphatic heterocycles. The Balaban J connectivity index is 1.33. The highest BCUT2D eigenvalue weighted by molar-refractivity contribution is 9.10. The number of piperidine rings is 1. The third-order valence-electron chi connectivity index (χ3n) is 6.97. The highest BCUT2D eigenvalue weighted by Crippen LogP contribution is 2.40. The summed E-state index contributed by atoms with van der Waals surface area (Å²) in [5.74, 6) is 1.31. The minimum atomic E-state index is -0.372. The minimum Gasteiger partial charge on any atom is -0.369 e. The Morgan fingerprint density at radius 3 is 2.56 bits per heavy atom. The van der Waals surface area contributed by atoms with Crippen molar-refractivity contribution in [3.05, 3.63) is 22.6 Å². The summed E-state index contributed by atoms with van der Waals surface area (Å²) in [7, 11) is 2.26. The Bertz CT molecular complexity index is 1000. The van der Waals surface area contributed by atoms with Crippen LogP contribution in [0.25, 0.3) is 0 Å². The number of hydrogen-bond donors (Lipinski definition) is 3. The molecule has 0 aliphatic carbocycles. The second-order valence-electron chi connectivity index (χ2n) is 10.6. The molecule has 2 aromatic rings. The van der Waals surface area contributed by atoms with E-state index in [0.717, 1.165) is 40.9 Å². The standard InChI is InChI=1S/C24H37BrN8O/c1-15-20(14-33(31-15)18-11-16-7-8-17(12-18)32(16)5)29-23-28-13-19(25)21(30-23)26-9-6-10-27-22(34)24(2,3)4/h13-14,16-18H,6-12H2,1-5H3,(H,27,34)(H2,26,28,29,30). The number of amides is 1. The normalized spacial score (nSPS) is 22.6. The second kappa shape index (κ2) is 10.2. The first-order valence-corrected chi connectivity index (χ1v) is 13.0. The van der Waals surface area contributed by atoms with Gasteiger partial charge in [0.15, 0.2) is 0 Å². The summed E-state index contributed by atoms with van der Waals surface area (Å²) < 4.78 is 2.94. The molecule has 2 aromatic heterocycles. The van der Waals surface area contributed by atoms with Gasteiger partial charge in [-0.3, -0.25) is 9.48 Å². The summed E-state index contributed by atoms with van der Waals surface area (Å²) in [6, 6.07) is 1.80. The van der Waals surface area contributed by atoms with E-state index in [1.807, 2.05) is 27.7 Å². The highest BCUT2D eigenvalue weighted by Gasteiger charge is 2.39. The van der Waals surface area contributed by atoms with E-state index in [9.17, 15) is 4.79 Å². The Morgan fingerprint density at radius 1 is 1.18 bits per heavy atom. The topological polar surface area (TPSA) is 100 Å². The monoisotopic (exact) mass is 532 g/mol. The molecule has 4 heterocycles. The van der Waals surface area contributed by atoms with Gasteiger partial charge in [0, 0.05) is 43.0 Å². The fourth-order valence-electron chi connectivity index (χ4n) is 4.82. The Labute approximate surface area is 210 Å². The molecule has 4 rings (SSSR count). The maximum absolute atomic E-state index is 12.0. The van der Waals surface area contributed by atoms with Crippen LogP contribution in [-0.2, 0) is 4.79 Å². The first-order chi connectivity index (χ1) is 16.1. The number of rotatable bonds is 8. The summed E-state index contributed by atoms with van der Waals surface area (Å²) in [5.41, 5.74) is 1.51. The van der Waals surface area contributed by atoms with Crippen molar-refractivity contribution in [3.8, 4) is 0 Å². The summed E-state index contributed by atoms with van der Waals surface area (Å²) in [4.78, 5) is 23.6. The SMILES string of the molecule is Cc1nn(C2CC3CCC(C2)N3C)cc1Nc1ncc(Br)c(NCCCNC(=O)C(C)(C)C)n1. The second-order valence-corrected chi connectivity index (χ2v) is 11.4. The van der Waals surface area contributed by atoms with Crippen molar-refractivity contribution in [1.29, 1.82) is 0 Å². The van der Waals surface area contributed by atoms with Crippen LogP contribution in [-0.4, -0.2) is 62.8 Å². The van der Waals surface area contributed by atoms with Gasteiger partial charge in [0.25, 0.3) is 0 Å². The van der Waals surface area contributed by atoms with Gasteiger partial charge in [0.2, 0.25) is 11.9 Å². The van der Waals surface area contributed by atoms with Crippen LogP contribution in [0.3, 0.4) is 0 Å². The lowest BCUT2D eigenvalue weighted by Crippen LogP contribution is -2.40. The van der Waals surface area contributed by atoms with Gasteiger partial charge in [0.05, 0.1) is 21.9 Å². The molecule has 9 nitrogen and oxygen atoms in total. The van der Waals surface area contributed by atoms with Crippen LogP contribution in [0.15, 0.2) is 16.9 Å². The number of carbonyl (C=O) groups excluding carboxylic acids is 1. The van der Waals surface area contributed by atoms with Gasteiger partial charge in [-0.1, -0.05) is 20.8 Å². The van der Waals surface area contributed by atoms with Gasteiger partial charge in [0.1, 0.15) is 5.82 Å². The molecule has 1 amide bonds. The molecule has 0 aromatic carbocycles. The van der Waals surface area contributed by atoms with Crippen molar-refractivity contribution < 1.29 is 4.79 Å². The molecular formula is C24H37BrN8O. The van der Waals surface area contributed by atoms with Crippen molar-refractivity contribution in [2.24, 2.45) is 5.41 Å². The van der Waals surface area contributed by atoms with Gasteiger partial charge in [-0.25, -0.2) is 4.98 Å². The Hall–Kier alpha value is -2.20. The first-order valence-electron chi connectivity index (χ1n) is 12.2. The van der Waals surface area contributed by atoms with Crippen molar-refractivity contribution in [3.63, 3.8) is 0 Å². The Kier molecular flexibility index (Phi) is 7.47. The fourth-order valence-corrected chi connectivity index (χ4v) is 5.16. The molecule has 0 saturated carbocycles. The number of aromatic nitrogens is 4. The average Bonchev–Trinajstić information content (AvgIpc) is 3.21. The number of nitrogens with zero attached hydrogens (tertiary/aromatic N) is 5. The quantitative estimate of drug-likeness (QED) is 0.437. The number of nitrogens with one attached hydrogen (secondary N) is 3.